The van der Waals surface area contributed by atoms with Crippen molar-refractivity contribution in [1.29, 1.82) is 0 Å². The van der Waals surface area contributed by atoms with Gasteiger partial charge in [0.1, 0.15) is 5.75 Å². The molecule has 1 N–H and O–H groups in total. The molecule has 24 heavy (non-hydrogen) atoms. The molecule has 0 saturated carbocycles. The number of halogens is 1. The lowest BCUT2D eigenvalue weighted by Crippen LogP contribution is -2.37. The van der Waals surface area contributed by atoms with Gasteiger partial charge in [0, 0.05) is 23.6 Å². The Morgan fingerprint density at radius 3 is 2.79 bits per heavy atom. The smallest absolute Gasteiger partial charge is 0.317 e. The van der Waals surface area contributed by atoms with Gasteiger partial charge in [-0.1, -0.05) is 0 Å². The molecule has 0 radical (unpaired) electrons. The summed E-state index contributed by atoms with van der Waals surface area (Å²) in [7, 11) is 3.40. The Morgan fingerprint density at radius 1 is 1.38 bits per heavy atom. The van der Waals surface area contributed by atoms with Crippen molar-refractivity contribution < 1.29 is 19.4 Å². The fourth-order valence-corrected chi connectivity index (χ4v) is 3.45. The van der Waals surface area contributed by atoms with E-state index in [-0.39, 0.29) is 18.5 Å². The first-order valence-electron chi connectivity index (χ1n) is 7.97. The fourth-order valence-electron chi connectivity index (χ4n) is 3.03. The monoisotopic (exact) mass is 398 g/mol. The molecule has 1 saturated heterocycles. The molecule has 132 valence electrons. The van der Waals surface area contributed by atoms with Gasteiger partial charge in [0.25, 0.3) is 5.91 Å². The summed E-state index contributed by atoms with van der Waals surface area (Å²) >= 11 is 3.43. The molecule has 1 aliphatic heterocycles. The number of carbonyl (C=O) groups is 2. The van der Waals surface area contributed by atoms with Crippen molar-refractivity contribution in [3.05, 3.63) is 28.2 Å². The molecule has 1 aromatic rings. The predicted molar refractivity (Wildman–Crippen MR) is 94.5 cm³/mol. The number of carboxylic acids is 1. The van der Waals surface area contributed by atoms with Gasteiger partial charge in [0.15, 0.2) is 0 Å². The van der Waals surface area contributed by atoms with Crippen LogP contribution in [0.15, 0.2) is 22.7 Å². The number of methoxy groups -OCH3 is 1. The molecule has 0 bridgehead atoms. The molecule has 1 aliphatic rings. The maximum atomic E-state index is 12.8. The number of aliphatic carboxylic acids is 1. The number of nitrogens with zero attached hydrogens (tertiary/aromatic N) is 2. The van der Waals surface area contributed by atoms with Crippen molar-refractivity contribution in [2.45, 2.75) is 25.3 Å². The summed E-state index contributed by atoms with van der Waals surface area (Å²) in [4.78, 5) is 27.4. The Labute approximate surface area is 150 Å². The van der Waals surface area contributed by atoms with Crippen molar-refractivity contribution >= 4 is 27.8 Å². The summed E-state index contributed by atoms with van der Waals surface area (Å²) in [6.07, 6.45) is 2.53. The minimum Gasteiger partial charge on any atom is -0.497 e. The molecule has 2 rings (SSSR count). The molecular formula is C17H23BrN2O4. The number of carboxylic acid groups (broad SMARTS) is 1. The SMILES string of the molecule is COc1ccc(Br)c(C(=O)N2CCC[C@H](N(C)CC(=O)O)CC2)c1. The highest BCUT2D eigenvalue weighted by Gasteiger charge is 2.25. The maximum absolute atomic E-state index is 12.8. The quantitative estimate of drug-likeness (QED) is 0.824. The zero-order valence-electron chi connectivity index (χ0n) is 14.0. The van der Waals surface area contributed by atoms with E-state index in [4.69, 9.17) is 9.84 Å². The Hall–Kier alpha value is -1.60. The number of benzene rings is 1. The molecule has 0 aliphatic carbocycles. The zero-order chi connectivity index (χ0) is 17.7. The van der Waals surface area contributed by atoms with Gasteiger partial charge in [-0.3, -0.25) is 14.5 Å². The van der Waals surface area contributed by atoms with E-state index in [0.717, 1.165) is 23.7 Å². The highest BCUT2D eigenvalue weighted by atomic mass is 79.9. The number of carbonyl (C=O) groups excluding carboxylic acids is 1. The standard InChI is InChI=1S/C17H23BrN2O4/c1-19(11-16(21)22)12-4-3-8-20(9-7-12)17(23)14-10-13(24-2)5-6-15(14)18/h5-6,10,12H,3-4,7-9,11H2,1-2H3,(H,21,22)/t12-/m0/s1. The molecule has 0 aromatic heterocycles. The van der Waals surface area contributed by atoms with Gasteiger partial charge < -0.3 is 14.7 Å². The van der Waals surface area contributed by atoms with E-state index in [1.54, 1.807) is 19.2 Å². The number of likely N-dealkylation sites (N-methyl/N-ethyl adjacent to an activating group) is 1. The summed E-state index contributed by atoms with van der Waals surface area (Å²) in [5.74, 6) is -0.201. The Balaban J connectivity index is 2.05. The third-order valence-corrected chi connectivity index (χ3v) is 5.09. The topological polar surface area (TPSA) is 70.1 Å². The molecule has 1 amide bonds. The second-order valence-corrected chi connectivity index (χ2v) is 6.89. The Kier molecular flexibility index (Phi) is 6.62. The third kappa shape index (κ3) is 4.70. The lowest BCUT2D eigenvalue weighted by molar-refractivity contribution is -0.138. The van der Waals surface area contributed by atoms with Gasteiger partial charge in [0.2, 0.25) is 0 Å². The van der Waals surface area contributed by atoms with Crippen LogP contribution < -0.4 is 4.74 Å². The van der Waals surface area contributed by atoms with Crippen LogP contribution in [-0.2, 0) is 4.79 Å². The first-order valence-corrected chi connectivity index (χ1v) is 8.76. The predicted octanol–water partition coefficient (Wildman–Crippen LogP) is 2.47. The summed E-state index contributed by atoms with van der Waals surface area (Å²) < 4.78 is 5.95. The van der Waals surface area contributed by atoms with E-state index < -0.39 is 5.97 Å². The Morgan fingerprint density at radius 2 is 2.12 bits per heavy atom. The molecule has 0 spiro atoms. The summed E-state index contributed by atoms with van der Waals surface area (Å²) in [6.45, 7) is 1.33. The maximum Gasteiger partial charge on any atom is 0.317 e. The van der Waals surface area contributed by atoms with Crippen LogP contribution in [0.5, 0.6) is 5.75 Å². The number of rotatable bonds is 5. The van der Waals surface area contributed by atoms with Crippen LogP contribution in [0.1, 0.15) is 29.6 Å². The van der Waals surface area contributed by atoms with Gasteiger partial charge in [-0.05, 0) is 60.4 Å². The average Bonchev–Trinajstić information content (AvgIpc) is 2.80. The normalized spacial score (nSPS) is 18.3. The molecule has 7 heteroatoms. The van der Waals surface area contributed by atoms with E-state index >= 15 is 0 Å². The van der Waals surface area contributed by atoms with Gasteiger partial charge in [-0.25, -0.2) is 0 Å². The van der Waals surface area contributed by atoms with Crippen LogP contribution in [-0.4, -0.2) is 66.6 Å². The molecule has 1 heterocycles. The molecule has 1 atom stereocenters. The van der Waals surface area contributed by atoms with E-state index in [0.29, 0.717) is 24.4 Å². The van der Waals surface area contributed by atoms with Crippen molar-refractivity contribution in [1.82, 2.24) is 9.80 Å². The number of ether oxygens (including phenoxy) is 1. The third-order valence-electron chi connectivity index (χ3n) is 4.40. The molecule has 1 fully saturated rings. The minimum absolute atomic E-state index is 0.0256. The van der Waals surface area contributed by atoms with Gasteiger partial charge in [-0.15, -0.1) is 0 Å². The van der Waals surface area contributed by atoms with Crippen LogP contribution in [0, 0.1) is 0 Å². The molecule has 6 nitrogen and oxygen atoms in total. The second-order valence-electron chi connectivity index (χ2n) is 6.03. The van der Waals surface area contributed by atoms with E-state index in [1.165, 1.54) is 0 Å². The zero-order valence-corrected chi connectivity index (χ0v) is 15.6. The molecule has 0 unspecified atom stereocenters. The molecule has 1 aromatic carbocycles. The first-order chi connectivity index (χ1) is 11.4. The molecular weight excluding hydrogens is 376 g/mol. The van der Waals surface area contributed by atoms with Crippen LogP contribution in [0.3, 0.4) is 0 Å². The Bertz CT molecular complexity index is 608. The van der Waals surface area contributed by atoms with Gasteiger partial charge in [-0.2, -0.15) is 0 Å². The van der Waals surface area contributed by atoms with Crippen LogP contribution in [0.25, 0.3) is 0 Å². The summed E-state index contributed by atoms with van der Waals surface area (Å²) in [6, 6.07) is 5.55. The minimum atomic E-state index is -0.824. The van der Waals surface area contributed by atoms with E-state index in [1.807, 2.05) is 22.9 Å². The summed E-state index contributed by atoms with van der Waals surface area (Å²) in [5.41, 5.74) is 0.590. The van der Waals surface area contributed by atoms with Crippen molar-refractivity contribution in [3.63, 3.8) is 0 Å². The highest BCUT2D eigenvalue weighted by Crippen LogP contribution is 2.25. The first kappa shape index (κ1) is 18.7. The van der Waals surface area contributed by atoms with Crippen LogP contribution >= 0.6 is 15.9 Å². The highest BCUT2D eigenvalue weighted by molar-refractivity contribution is 9.10. The second kappa shape index (κ2) is 8.48. The fraction of sp³-hybridized carbons (Fsp3) is 0.529. The lowest BCUT2D eigenvalue weighted by atomic mass is 10.1. The number of hydrogen-bond donors (Lipinski definition) is 1. The van der Waals surface area contributed by atoms with Crippen molar-refractivity contribution in [2.24, 2.45) is 0 Å². The number of likely N-dealkylation sites (tertiary alicyclic amines) is 1. The number of amides is 1. The summed E-state index contributed by atoms with van der Waals surface area (Å²) in [5, 5.41) is 8.93. The van der Waals surface area contributed by atoms with E-state index in [9.17, 15) is 9.59 Å². The van der Waals surface area contributed by atoms with Gasteiger partial charge in [0.05, 0.1) is 19.2 Å². The van der Waals surface area contributed by atoms with Crippen molar-refractivity contribution in [3.8, 4) is 5.75 Å². The average molecular weight is 399 g/mol. The van der Waals surface area contributed by atoms with Gasteiger partial charge >= 0.3 is 5.97 Å². The largest absolute Gasteiger partial charge is 0.497 e. The van der Waals surface area contributed by atoms with Crippen molar-refractivity contribution in [2.75, 3.05) is 33.8 Å². The van der Waals surface area contributed by atoms with E-state index in [2.05, 4.69) is 15.9 Å². The number of hydrogen-bond acceptors (Lipinski definition) is 4. The lowest BCUT2D eigenvalue weighted by Gasteiger charge is -2.25. The van der Waals surface area contributed by atoms with Crippen LogP contribution in [0.4, 0.5) is 0 Å². The van der Waals surface area contributed by atoms with Crippen LogP contribution in [0.2, 0.25) is 0 Å².